The molecule has 1 amide bonds. The van der Waals surface area contributed by atoms with Gasteiger partial charge < -0.3 is 10.6 Å². The van der Waals surface area contributed by atoms with Crippen LogP contribution in [0.1, 0.15) is 11.9 Å². The Hall–Kier alpha value is -2.40. The molecule has 22 heavy (non-hydrogen) atoms. The first-order valence-electron chi connectivity index (χ1n) is 7.11. The lowest BCUT2D eigenvalue weighted by Crippen LogP contribution is -2.31. The molecule has 5 heteroatoms. The van der Waals surface area contributed by atoms with Crippen LogP contribution in [0.3, 0.4) is 0 Å². The molecule has 0 aliphatic carbocycles. The van der Waals surface area contributed by atoms with Crippen LogP contribution in [0.25, 0.3) is 10.2 Å². The highest BCUT2D eigenvalue weighted by Crippen LogP contribution is 2.25. The molecule has 3 rings (SSSR count). The zero-order valence-corrected chi connectivity index (χ0v) is 13.3. The number of benzene rings is 2. The number of carbonyl (C=O) groups is 1. The molecule has 4 nitrogen and oxygen atoms in total. The summed E-state index contributed by atoms with van der Waals surface area (Å²) in [6, 6.07) is 15.1. The molecule has 0 radical (unpaired) electrons. The third kappa shape index (κ3) is 3.26. The van der Waals surface area contributed by atoms with Crippen LogP contribution in [0, 0.1) is 6.92 Å². The molecule has 2 N–H and O–H groups in total. The Morgan fingerprint density at radius 3 is 2.68 bits per heavy atom. The van der Waals surface area contributed by atoms with Crippen molar-refractivity contribution in [2.45, 2.75) is 19.9 Å². The van der Waals surface area contributed by atoms with Gasteiger partial charge in [0.25, 0.3) is 0 Å². The number of aromatic nitrogens is 1. The monoisotopic (exact) mass is 311 g/mol. The maximum atomic E-state index is 12.2. The highest BCUT2D eigenvalue weighted by Gasteiger charge is 2.13. The van der Waals surface area contributed by atoms with Gasteiger partial charge in [-0.05, 0) is 44.2 Å². The number of fused-ring (bicyclic) bond motifs is 1. The molecule has 1 aromatic heterocycles. The molecule has 1 atom stereocenters. The van der Waals surface area contributed by atoms with E-state index in [2.05, 4.69) is 15.6 Å². The van der Waals surface area contributed by atoms with Crippen molar-refractivity contribution in [2.24, 2.45) is 0 Å². The SMILES string of the molecule is Cc1nc2ccc(N[C@@H](C)C(=O)Nc3ccccc3)cc2s1. The summed E-state index contributed by atoms with van der Waals surface area (Å²) in [5.74, 6) is -0.0632. The second-order valence-electron chi connectivity index (χ2n) is 5.14. The van der Waals surface area contributed by atoms with E-state index >= 15 is 0 Å². The van der Waals surface area contributed by atoms with Gasteiger partial charge in [0.2, 0.25) is 5.91 Å². The summed E-state index contributed by atoms with van der Waals surface area (Å²) in [6.45, 7) is 3.84. The predicted molar refractivity (Wildman–Crippen MR) is 92.5 cm³/mol. The number of rotatable bonds is 4. The van der Waals surface area contributed by atoms with Crippen molar-refractivity contribution < 1.29 is 4.79 Å². The Balaban J connectivity index is 1.69. The standard InChI is InChI=1S/C17H17N3OS/c1-11(17(21)20-13-6-4-3-5-7-13)18-14-8-9-15-16(10-14)22-12(2)19-15/h3-11,18H,1-2H3,(H,20,21)/t11-/m0/s1. The normalized spacial score (nSPS) is 12.1. The number of amides is 1. The molecule has 0 bridgehead atoms. The molecule has 2 aromatic carbocycles. The van der Waals surface area contributed by atoms with Crippen molar-refractivity contribution in [3.05, 3.63) is 53.5 Å². The number of para-hydroxylation sites is 1. The number of hydrogen-bond donors (Lipinski definition) is 2. The predicted octanol–water partition coefficient (Wildman–Crippen LogP) is 4.04. The molecule has 0 unspecified atom stereocenters. The van der Waals surface area contributed by atoms with E-state index in [-0.39, 0.29) is 11.9 Å². The topological polar surface area (TPSA) is 54.0 Å². The molecule has 1 heterocycles. The van der Waals surface area contributed by atoms with E-state index < -0.39 is 0 Å². The van der Waals surface area contributed by atoms with E-state index in [4.69, 9.17) is 0 Å². The van der Waals surface area contributed by atoms with Gasteiger partial charge in [0.15, 0.2) is 0 Å². The van der Waals surface area contributed by atoms with Crippen molar-refractivity contribution in [1.29, 1.82) is 0 Å². The van der Waals surface area contributed by atoms with Crippen LogP contribution in [-0.4, -0.2) is 16.9 Å². The number of nitrogens with zero attached hydrogens (tertiary/aromatic N) is 1. The van der Waals surface area contributed by atoms with Crippen LogP contribution in [-0.2, 0) is 4.79 Å². The fourth-order valence-electron chi connectivity index (χ4n) is 2.22. The average Bonchev–Trinajstić information content (AvgIpc) is 2.87. The van der Waals surface area contributed by atoms with Gasteiger partial charge in [-0.15, -0.1) is 11.3 Å². The molecule has 0 spiro atoms. The molecule has 0 saturated carbocycles. The lowest BCUT2D eigenvalue weighted by Gasteiger charge is -2.15. The fourth-order valence-corrected chi connectivity index (χ4v) is 3.08. The molecule has 112 valence electrons. The summed E-state index contributed by atoms with van der Waals surface area (Å²) in [5.41, 5.74) is 2.72. The largest absolute Gasteiger partial charge is 0.374 e. The second-order valence-corrected chi connectivity index (χ2v) is 6.37. The number of nitrogens with one attached hydrogen (secondary N) is 2. The Labute approximate surface area is 133 Å². The molecule has 3 aromatic rings. The minimum atomic E-state index is -0.327. The van der Waals surface area contributed by atoms with E-state index in [1.165, 1.54) is 0 Å². The van der Waals surface area contributed by atoms with Gasteiger partial charge in [-0.2, -0.15) is 0 Å². The lowest BCUT2D eigenvalue weighted by molar-refractivity contribution is -0.116. The van der Waals surface area contributed by atoms with Gasteiger partial charge in [0.1, 0.15) is 6.04 Å². The zero-order valence-electron chi connectivity index (χ0n) is 12.5. The number of aryl methyl sites for hydroxylation is 1. The summed E-state index contributed by atoms with van der Waals surface area (Å²) in [4.78, 5) is 16.6. The van der Waals surface area contributed by atoms with Gasteiger partial charge >= 0.3 is 0 Å². The molecular formula is C17H17N3OS. The van der Waals surface area contributed by atoms with E-state index in [1.807, 2.05) is 62.4 Å². The Bertz CT molecular complexity index is 798. The van der Waals surface area contributed by atoms with E-state index in [0.717, 1.165) is 26.6 Å². The minimum absolute atomic E-state index is 0.0632. The molecule has 0 aliphatic rings. The maximum absolute atomic E-state index is 12.2. The second kappa shape index (κ2) is 6.15. The van der Waals surface area contributed by atoms with Gasteiger partial charge in [0, 0.05) is 11.4 Å². The van der Waals surface area contributed by atoms with Gasteiger partial charge in [0.05, 0.1) is 15.2 Å². The van der Waals surface area contributed by atoms with Crippen LogP contribution >= 0.6 is 11.3 Å². The zero-order chi connectivity index (χ0) is 15.5. The summed E-state index contributed by atoms with van der Waals surface area (Å²) in [7, 11) is 0. The van der Waals surface area contributed by atoms with Crippen molar-refractivity contribution in [1.82, 2.24) is 4.98 Å². The maximum Gasteiger partial charge on any atom is 0.246 e. The minimum Gasteiger partial charge on any atom is -0.374 e. The smallest absolute Gasteiger partial charge is 0.246 e. The lowest BCUT2D eigenvalue weighted by atomic mass is 10.2. The number of hydrogen-bond acceptors (Lipinski definition) is 4. The summed E-state index contributed by atoms with van der Waals surface area (Å²) < 4.78 is 1.12. The quantitative estimate of drug-likeness (QED) is 0.764. The highest BCUT2D eigenvalue weighted by atomic mass is 32.1. The number of thiazole rings is 1. The van der Waals surface area contributed by atoms with E-state index in [0.29, 0.717) is 0 Å². The molecule has 0 fully saturated rings. The third-order valence-corrected chi connectivity index (χ3v) is 4.25. The van der Waals surface area contributed by atoms with Crippen molar-refractivity contribution in [3.8, 4) is 0 Å². The van der Waals surface area contributed by atoms with Gasteiger partial charge in [-0.1, -0.05) is 18.2 Å². The Morgan fingerprint density at radius 1 is 1.14 bits per heavy atom. The van der Waals surface area contributed by atoms with Crippen molar-refractivity contribution in [2.75, 3.05) is 10.6 Å². The van der Waals surface area contributed by atoms with Crippen LogP contribution in [0.2, 0.25) is 0 Å². The first kappa shape index (κ1) is 14.5. The van der Waals surface area contributed by atoms with E-state index in [9.17, 15) is 4.79 Å². The first-order valence-corrected chi connectivity index (χ1v) is 7.93. The van der Waals surface area contributed by atoms with Crippen LogP contribution in [0.15, 0.2) is 48.5 Å². The fraction of sp³-hybridized carbons (Fsp3) is 0.176. The van der Waals surface area contributed by atoms with Crippen LogP contribution < -0.4 is 10.6 Å². The van der Waals surface area contributed by atoms with Gasteiger partial charge in [-0.25, -0.2) is 4.98 Å². The van der Waals surface area contributed by atoms with Crippen molar-refractivity contribution >= 4 is 38.8 Å². The average molecular weight is 311 g/mol. The van der Waals surface area contributed by atoms with Crippen LogP contribution in [0.4, 0.5) is 11.4 Å². The van der Waals surface area contributed by atoms with Crippen LogP contribution in [0.5, 0.6) is 0 Å². The summed E-state index contributed by atoms with van der Waals surface area (Å²) in [6.07, 6.45) is 0. The highest BCUT2D eigenvalue weighted by molar-refractivity contribution is 7.18. The van der Waals surface area contributed by atoms with Crippen molar-refractivity contribution in [3.63, 3.8) is 0 Å². The molecule has 0 aliphatic heterocycles. The van der Waals surface area contributed by atoms with E-state index in [1.54, 1.807) is 11.3 Å². The summed E-state index contributed by atoms with van der Waals surface area (Å²) in [5, 5.41) is 7.17. The third-order valence-electron chi connectivity index (χ3n) is 3.31. The first-order chi connectivity index (χ1) is 10.6. The summed E-state index contributed by atoms with van der Waals surface area (Å²) >= 11 is 1.65. The Morgan fingerprint density at radius 2 is 1.91 bits per heavy atom. The van der Waals surface area contributed by atoms with Gasteiger partial charge in [-0.3, -0.25) is 4.79 Å². The molecular weight excluding hydrogens is 294 g/mol. The molecule has 0 saturated heterocycles. The number of anilines is 2. The Kier molecular flexibility index (Phi) is 4.06. The number of carbonyl (C=O) groups excluding carboxylic acids is 1.